The monoisotopic (exact) mass is 269 g/mol. The summed E-state index contributed by atoms with van der Waals surface area (Å²) in [6.07, 6.45) is 3.63. The fraction of sp³-hybridized carbons (Fsp3) is 0.294. The van der Waals surface area contributed by atoms with Crippen molar-refractivity contribution in [3.63, 3.8) is 0 Å². The number of anilines is 2. The number of nitrogens with one attached hydrogen (secondary N) is 1. The molecule has 20 heavy (non-hydrogen) atoms. The fourth-order valence-corrected chi connectivity index (χ4v) is 2.28. The van der Waals surface area contributed by atoms with Gasteiger partial charge in [-0.2, -0.15) is 0 Å². The number of hydrogen-bond acceptors (Lipinski definition) is 3. The van der Waals surface area contributed by atoms with Crippen molar-refractivity contribution in [2.45, 2.75) is 26.2 Å². The summed E-state index contributed by atoms with van der Waals surface area (Å²) in [6.45, 7) is 2.53. The predicted molar refractivity (Wildman–Crippen MR) is 80.9 cm³/mol. The van der Waals surface area contributed by atoms with Crippen LogP contribution in [0.1, 0.15) is 25.3 Å². The molecular weight excluding hydrogens is 250 g/mol. The molecule has 0 radical (unpaired) electrons. The van der Waals surface area contributed by atoms with E-state index in [0.29, 0.717) is 6.79 Å². The van der Waals surface area contributed by atoms with Crippen LogP contribution < -0.4 is 14.8 Å². The molecule has 0 aliphatic carbocycles. The molecule has 0 aromatic heterocycles. The van der Waals surface area contributed by atoms with Crippen molar-refractivity contribution in [2.24, 2.45) is 0 Å². The highest BCUT2D eigenvalue weighted by Gasteiger charge is 2.13. The van der Waals surface area contributed by atoms with Crippen molar-refractivity contribution in [2.75, 3.05) is 12.1 Å². The van der Waals surface area contributed by atoms with Gasteiger partial charge in [0.15, 0.2) is 11.5 Å². The van der Waals surface area contributed by atoms with Crippen LogP contribution in [0.3, 0.4) is 0 Å². The molecule has 3 heteroatoms. The molecule has 1 N–H and O–H groups in total. The lowest BCUT2D eigenvalue weighted by molar-refractivity contribution is 0.174. The number of unbranched alkanes of at least 4 members (excludes halogenated alkanes) is 1. The number of hydrogen-bond donors (Lipinski definition) is 1. The van der Waals surface area contributed by atoms with E-state index in [2.05, 4.69) is 36.5 Å². The minimum Gasteiger partial charge on any atom is -0.454 e. The van der Waals surface area contributed by atoms with Crippen LogP contribution in [-0.4, -0.2) is 6.79 Å². The van der Waals surface area contributed by atoms with E-state index in [1.807, 2.05) is 18.2 Å². The molecule has 3 rings (SSSR count). The van der Waals surface area contributed by atoms with Crippen LogP contribution >= 0.6 is 0 Å². The zero-order valence-electron chi connectivity index (χ0n) is 11.7. The summed E-state index contributed by atoms with van der Waals surface area (Å²) in [5.74, 6) is 1.61. The quantitative estimate of drug-likeness (QED) is 0.866. The Morgan fingerprint density at radius 2 is 1.70 bits per heavy atom. The van der Waals surface area contributed by atoms with Gasteiger partial charge >= 0.3 is 0 Å². The van der Waals surface area contributed by atoms with Gasteiger partial charge < -0.3 is 14.8 Å². The van der Waals surface area contributed by atoms with E-state index in [-0.39, 0.29) is 0 Å². The number of aryl methyl sites for hydroxylation is 1. The summed E-state index contributed by atoms with van der Waals surface area (Å²) in [6, 6.07) is 14.5. The van der Waals surface area contributed by atoms with E-state index in [9.17, 15) is 0 Å². The lowest BCUT2D eigenvalue weighted by atomic mass is 10.1. The third-order valence-corrected chi connectivity index (χ3v) is 3.43. The Morgan fingerprint density at radius 1 is 0.950 bits per heavy atom. The van der Waals surface area contributed by atoms with Gasteiger partial charge in [0, 0.05) is 17.4 Å². The van der Waals surface area contributed by atoms with Crippen LogP contribution in [0.25, 0.3) is 0 Å². The topological polar surface area (TPSA) is 30.5 Å². The molecule has 0 amide bonds. The molecule has 0 spiro atoms. The van der Waals surface area contributed by atoms with Crippen molar-refractivity contribution in [3.8, 4) is 11.5 Å². The van der Waals surface area contributed by atoms with Gasteiger partial charge in [0.25, 0.3) is 0 Å². The molecule has 1 aliphatic rings. The Bertz CT molecular complexity index is 578. The summed E-state index contributed by atoms with van der Waals surface area (Å²) >= 11 is 0. The van der Waals surface area contributed by atoms with Crippen LogP contribution in [0.15, 0.2) is 42.5 Å². The third-order valence-electron chi connectivity index (χ3n) is 3.43. The zero-order valence-corrected chi connectivity index (χ0v) is 11.7. The molecule has 0 saturated carbocycles. The van der Waals surface area contributed by atoms with Gasteiger partial charge in [-0.25, -0.2) is 0 Å². The molecule has 0 bridgehead atoms. The summed E-state index contributed by atoms with van der Waals surface area (Å²) in [7, 11) is 0. The summed E-state index contributed by atoms with van der Waals surface area (Å²) < 4.78 is 10.7. The van der Waals surface area contributed by atoms with Gasteiger partial charge in [0.05, 0.1) is 0 Å². The second-order valence-electron chi connectivity index (χ2n) is 4.99. The van der Waals surface area contributed by atoms with Crippen LogP contribution in [0, 0.1) is 0 Å². The average molecular weight is 269 g/mol. The molecule has 1 heterocycles. The van der Waals surface area contributed by atoms with E-state index in [0.717, 1.165) is 29.3 Å². The summed E-state index contributed by atoms with van der Waals surface area (Å²) in [5, 5.41) is 3.38. The van der Waals surface area contributed by atoms with Gasteiger partial charge in [0.1, 0.15) is 0 Å². The molecule has 0 unspecified atom stereocenters. The second-order valence-corrected chi connectivity index (χ2v) is 4.99. The molecule has 1 aliphatic heterocycles. The molecule has 0 saturated heterocycles. The first-order chi connectivity index (χ1) is 9.85. The first kappa shape index (κ1) is 12.9. The standard InChI is InChI=1S/C17H19NO2/c1-2-3-4-13-5-7-14(8-6-13)18-15-9-10-16-17(11-15)20-12-19-16/h5-11,18H,2-4,12H2,1H3. The van der Waals surface area contributed by atoms with Crippen molar-refractivity contribution in [1.82, 2.24) is 0 Å². The molecule has 104 valence electrons. The highest BCUT2D eigenvalue weighted by molar-refractivity contribution is 5.64. The average Bonchev–Trinajstić information content (AvgIpc) is 2.94. The lowest BCUT2D eigenvalue weighted by Gasteiger charge is -2.08. The van der Waals surface area contributed by atoms with Crippen molar-refractivity contribution >= 4 is 11.4 Å². The number of benzene rings is 2. The minimum atomic E-state index is 0.310. The van der Waals surface area contributed by atoms with Gasteiger partial charge in [-0.3, -0.25) is 0 Å². The number of rotatable bonds is 5. The van der Waals surface area contributed by atoms with Gasteiger partial charge in [0.2, 0.25) is 6.79 Å². The number of fused-ring (bicyclic) bond motifs is 1. The predicted octanol–water partition coefficient (Wildman–Crippen LogP) is 4.50. The summed E-state index contributed by atoms with van der Waals surface area (Å²) in [5.41, 5.74) is 3.49. The van der Waals surface area contributed by atoms with E-state index in [1.54, 1.807) is 0 Å². The molecule has 0 atom stereocenters. The molecule has 2 aromatic rings. The third kappa shape index (κ3) is 2.87. The van der Waals surface area contributed by atoms with E-state index in [1.165, 1.54) is 18.4 Å². The van der Waals surface area contributed by atoms with Crippen molar-refractivity contribution in [3.05, 3.63) is 48.0 Å². The fourth-order valence-electron chi connectivity index (χ4n) is 2.28. The Morgan fingerprint density at radius 3 is 2.50 bits per heavy atom. The first-order valence-corrected chi connectivity index (χ1v) is 7.11. The largest absolute Gasteiger partial charge is 0.454 e. The molecular formula is C17H19NO2. The highest BCUT2D eigenvalue weighted by Crippen LogP contribution is 2.35. The summed E-state index contributed by atoms with van der Waals surface area (Å²) in [4.78, 5) is 0. The zero-order chi connectivity index (χ0) is 13.8. The van der Waals surface area contributed by atoms with Crippen LogP contribution in [0.4, 0.5) is 11.4 Å². The normalized spacial score (nSPS) is 12.4. The van der Waals surface area contributed by atoms with E-state index >= 15 is 0 Å². The Balaban J connectivity index is 1.68. The highest BCUT2D eigenvalue weighted by atomic mass is 16.7. The van der Waals surface area contributed by atoms with Crippen LogP contribution in [0.2, 0.25) is 0 Å². The van der Waals surface area contributed by atoms with Gasteiger partial charge in [-0.05, 0) is 42.7 Å². The second kappa shape index (κ2) is 5.87. The van der Waals surface area contributed by atoms with E-state index in [4.69, 9.17) is 9.47 Å². The molecule has 3 nitrogen and oxygen atoms in total. The SMILES string of the molecule is CCCCc1ccc(Nc2ccc3c(c2)OCO3)cc1. The minimum absolute atomic E-state index is 0.310. The van der Waals surface area contributed by atoms with Gasteiger partial charge in [-0.1, -0.05) is 25.5 Å². The molecule has 2 aromatic carbocycles. The smallest absolute Gasteiger partial charge is 0.231 e. The van der Waals surface area contributed by atoms with Crippen LogP contribution in [-0.2, 0) is 6.42 Å². The Labute approximate surface area is 119 Å². The first-order valence-electron chi connectivity index (χ1n) is 7.11. The maximum atomic E-state index is 5.38. The Hall–Kier alpha value is -2.16. The molecule has 0 fully saturated rings. The Kier molecular flexibility index (Phi) is 3.77. The van der Waals surface area contributed by atoms with Crippen molar-refractivity contribution < 1.29 is 9.47 Å². The lowest BCUT2D eigenvalue weighted by Crippen LogP contribution is -1.93. The van der Waals surface area contributed by atoms with Gasteiger partial charge in [-0.15, -0.1) is 0 Å². The van der Waals surface area contributed by atoms with Crippen LogP contribution in [0.5, 0.6) is 11.5 Å². The maximum Gasteiger partial charge on any atom is 0.231 e. The van der Waals surface area contributed by atoms with E-state index < -0.39 is 0 Å². The number of ether oxygens (including phenoxy) is 2. The van der Waals surface area contributed by atoms with Crippen molar-refractivity contribution in [1.29, 1.82) is 0 Å². The maximum absolute atomic E-state index is 5.38.